The van der Waals surface area contributed by atoms with Gasteiger partial charge in [0.05, 0.1) is 22.5 Å². The number of aromatic nitrogens is 2. The lowest BCUT2D eigenvalue weighted by atomic mass is 10.0. The van der Waals surface area contributed by atoms with E-state index in [1.807, 2.05) is 61.9 Å². The fraction of sp³-hybridized carbons (Fsp3) is 0.320. The number of amides is 1. The van der Waals surface area contributed by atoms with Gasteiger partial charge in [-0.2, -0.15) is 0 Å². The fourth-order valence-corrected chi connectivity index (χ4v) is 4.66. The largest absolute Gasteiger partial charge is 0.483 e. The van der Waals surface area contributed by atoms with Gasteiger partial charge in [-0.3, -0.25) is 4.79 Å². The molecule has 0 saturated carbocycles. The molecule has 32 heavy (non-hydrogen) atoms. The summed E-state index contributed by atoms with van der Waals surface area (Å²) in [5.41, 5.74) is 4.77. The van der Waals surface area contributed by atoms with Gasteiger partial charge in [-0.05, 0) is 68.5 Å². The third kappa shape index (κ3) is 3.43. The normalized spacial score (nSPS) is 14.0. The second-order valence-corrected chi connectivity index (χ2v) is 8.43. The highest BCUT2D eigenvalue weighted by molar-refractivity contribution is 5.89. The van der Waals surface area contributed by atoms with Crippen LogP contribution in [0.4, 0.5) is 0 Å². The quantitative estimate of drug-likeness (QED) is 0.487. The smallest absolute Gasteiger partial charge is 0.339 e. The van der Waals surface area contributed by atoms with E-state index in [-0.39, 0.29) is 24.2 Å². The number of hydrogen-bond donors (Lipinski definition) is 1. The van der Waals surface area contributed by atoms with E-state index in [4.69, 9.17) is 9.15 Å². The van der Waals surface area contributed by atoms with Gasteiger partial charge in [0.1, 0.15) is 17.2 Å². The Bertz CT molecular complexity index is 1420. The Kier molecular flexibility index (Phi) is 4.96. The SMILES string of the molecule is Cc1cc(OCC(=O)NC(C)c2nc3ccccc3n2C)c2c3c(c(=O)oc2c1)CCC3. The van der Waals surface area contributed by atoms with Crippen molar-refractivity contribution in [3.8, 4) is 5.75 Å². The highest BCUT2D eigenvalue weighted by Crippen LogP contribution is 2.35. The van der Waals surface area contributed by atoms with Crippen molar-refractivity contribution in [2.45, 2.75) is 39.2 Å². The molecule has 0 spiro atoms. The number of hydrogen-bond acceptors (Lipinski definition) is 5. The molecule has 0 bridgehead atoms. The zero-order chi connectivity index (χ0) is 22.4. The second kappa shape index (κ2) is 7.82. The van der Waals surface area contributed by atoms with Crippen LogP contribution < -0.4 is 15.7 Å². The van der Waals surface area contributed by atoms with Gasteiger partial charge >= 0.3 is 5.63 Å². The van der Waals surface area contributed by atoms with Gasteiger partial charge in [-0.25, -0.2) is 9.78 Å². The highest BCUT2D eigenvalue weighted by Gasteiger charge is 2.23. The molecular weight excluding hydrogens is 406 g/mol. The monoisotopic (exact) mass is 431 g/mol. The number of aryl methyl sites for hydroxylation is 3. The molecule has 7 nitrogen and oxygen atoms in total. The number of fused-ring (bicyclic) bond motifs is 4. The number of nitrogens with zero attached hydrogens (tertiary/aromatic N) is 2. The third-order valence-corrected chi connectivity index (χ3v) is 6.12. The molecule has 1 atom stereocenters. The Hall–Kier alpha value is -3.61. The van der Waals surface area contributed by atoms with Crippen LogP contribution in [0.25, 0.3) is 22.0 Å². The minimum Gasteiger partial charge on any atom is -0.483 e. The van der Waals surface area contributed by atoms with Gasteiger partial charge in [0.2, 0.25) is 0 Å². The molecule has 7 heteroatoms. The van der Waals surface area contributed by atoms with E-state index in [0.29, 0.717) is 11.3 Å². The molecule has 2 aromatic heterocycles. The van der Waals surface area contributed by atoms with E-state index < -0.39 is 0 Å². The molecule has 0 aliphatic heterocycles. The van der Waals surface area contributed by atoms with Crippen LogP contribution in [0.3, 0.4) is 0 Å². The molecule has 1 aliphatic carbocycles. The predicted molar refractivity (Wildman–Crippen MR) is 122 cm³/mol. The Morgan fingerprint density at radius 2 is 2.03 bits per heavy atom. The molecule has 2 aromatic carbocycles. The van der Waals surface area contributed by atoms with Gasteiger partial charge in [0.25, 0.3) is 5.91 Å². The molecule has 0 radical (unpaired) electrons. The molecule has 1 unspecified atom stereocenters. The summed E-state index contributed by atoms with van der Waals surface area (Å²) in [6, 6.07) is 11.3. The van der Waals surface area contributed by atoms with Crippen LogP contribution in [0.1, 0.15) is 41.9 Å². The molecule has 0 fully saturated rings. The average molecular weight is 431 g/mol. The summed E-state index contributed by atoms with van der Waals surface area (Å²) in [6.07, 6.45) is 2.45. The number of imidazole rings is 1. The Labute approximate surface area is 185 Å². The highest BCUT2D eigenvalue weighted by atomic mass is 16.5. The van der Waals surface area contributed by atoms with E-state index in [1.165, 1.54) is 0 Å². The molecule has 5 rings (SSSR count). The van der Waals surface area contributed by atoms with Crippen LogP contribution in [0.5, 0.6) is 5.75 Å². The number of benzene rings is 2. The van der Waals surface area contributed by atoms with Crippen LogP contribution >= 0.6 is 0 Å². The fourth-order valence-electron chi connectivity index (χ4n) is 4.66. The summed E-state index contributed by atoms with van der Waals surface area (Å²) < 4.78 is 13.5. The number of rotatable bonds is 5. The number of nitrogens with one attached hydrogen (secondary N) is 1. The van der Waals surface area contributed by atoms with Crippen LogP contribution in [0.15, 0.2) is 45.6 Å². The second-order valence-electron chi connectivity index (χ2n) is 8.43. The minimum atomic E-state index is -0.278. The number of para-hydroxylation sites is 2. The summed E-state index contributed by atoms with van der Waals surface area (Å²) in [6.45, 7) is 3.68. The molecule has 164 valence electrons. The summed E-state index contributed by atoms with van der Waals surface area (Å²) in [7, 11) is 1.94. The maximum absolute atomic E-state index is 12.7. The summed E-state index contributed by atoms with van der Waals surface area (Å²) >= 11 is 0. The van der Waals surface area contributed by atoms with Gasteiger partial charge in [0, 0.05) is 12.6 Å². The Balaban J connectivity index is 1.36. The first-order valence-corrected chi connectivity index (χ1v) is 10.8. The van der Waals surface area contributed by atoms with Gasteiger partial charge in [0.15, 0.2) is 6.61 Å². The molecule has 4 aromatic rings. The maximum atomic E-state index is 12.7. The van der Waals surface area contributed by atoms with Crippen molar-refractivity contribution < 1.29 is 13.9 Å². The van der Waals surface area contributed by atoms with E-state index in [2.05, 4.69) is 10.3 Å². The first-order chi connectivity index (χ1) is 15.4. The zero-order valence-electron chi connectivity index (χ0n) is 18.4. The molecule has 1 aliphatic rings. The van der Waals surface area contributed by atoms with Crippen LogP contribution in [0.2, 0.25) is 0 Å². The summed E-state index contributed by atoms with van der Waals surface area (Å²) in [5, 5.41) is 3.78. The van der Waals surface area contributed by atoms with E-state index in [9.17, 15) is 9.59 Å². The lowest BCUT2D eigenvalue weighted by Crippen LogP contribution is -2.32. The first kappa shape index (κ1) is 20.3. The first-order valence-electron chi connectivity index (χ1n) is 10.8. The molecular formula is C25H25N3O4. The molecule has 0 saturated heterocycles. The van der Waals surface area contributed by atoms with Crippen molar-refractivity contribution in [2.75, 3.05) is 6.61 Å². The van der Waals surface area contributed by atoms with E-state index >= 15 is 0 Å². The lowest BCUT2D eigenvalue weighted by molar-refractivity contribution is -0.123. The number of carbonyl (C=O) groups is 1. The number of ether oxygens (including phenoxy) is 1. The molecule has 1 amide bonds. The Morgan fingerprint density at radius 1 is 1.25 bits per heavy atom. The third-order valence-electron chi connectivity index (χ3n) is 6.12. The summed E-state index contributed by atoms with van der Waals surface area (Å²) in [5.74, 6) is 1.11. The van der Waals surface area contributed by atoms with Crippen molar-refractivity contribution in [1.82, 2.24) is 14.9 Å². The van der Waals surface area contributed by atoms with Crippen LogP contribution in [0, 0.1) is 6.92 Å². The number of carbonyl (C=O) groups excluding carboxylic acids is 1. The van der Waals surface area contributed by atoms with Crippen molar-refractivity contribution in [3.05, 3.63) is 69.3 Å². The maximum Gasteiger partial charge on any atom is 0.339 e. The van der Waals surface area contributed by atoms with Crippen LogP contribution in [-0.4, -0.2) is 22.1 Å². The van der Waals surface area contributed by atoms with Gasteiger partial charge in [-0.1, -0.05) is 12.1 Å². The van der Waals surface area contributed by atoms with E-state index in [0.717, 1.165) is 58.2 Å². The van der Waals surface area contributed by atoms with Crippen molar-refractivity contribution in [3.63, 3.8) is 0 Å². The topological polar surface area (TPSA) is 86.4 Å². The van der Waals surface area contributed by atoms with Crippen LogP contribution in [-0.2, 0) is 24.7 Å². The Morgan fingerprint density at radius 3 is 2.84 bits per heavy atom. The van der Waals surface area contributed by atoms with Crippen molar-refractivity contribution >= 4 is 27.9 Å². The van der Waals surface area contributed by atoms with Crippen molar-refractivity contribution in [2.24, 2.45) is 7.05 Å². The molecule has 2 heterocycles. The van der Waals surface area contributed by atoms with E-state index in [1.54, 1.807) is 0 Å². The lowest BCUT2D eigenvalue weighted by Gasteiger charge is -2.16. The summed E-state index contributed by atoms with van der Waals surface area (Å²) in [4.78, 5) is 29.6. The predicted octanol–water partition coefficient (Wildman–Crippen LogP) is 3.73. The zero-order valence-corrected chi connectivity index (χ0v) is 18.4. The van der Waals surface area contributed by atoms with Gasteiger partial charge < -0.3 is 19.0 Å². The standard InChI is InChI=1S/C25H25N3O4/c1-14-11-20(23-16-7-6-8-17(16)25(30)32-21(23)12-14)31-13-22(29)26-15(2)24-27-18-9-4-5-10-19(18)28(24)3/h4-5,9-12,15H,6-8,13H2,1-3H3,(H,26,29). The average Bonchev–Trinajstić information content (AvgIpc) is 3.38. The van der Waals surface area contributed by atoms with Gasteiger partial charge in [-0.15, -0.1) is 0 Å². The van der Waals surface area contributed by atoms with Crippen molar-refractivity contribution in [1.29, 1.82) is 0 Å². The minimum absolute atomic E-state index is 0.138. The molecule has 1 N–H and O–H groups in total.